The number of aromatic nitrogens is 2. The minimum absolute atomic E-state index is 0.123. The summed E-state index contributed by atoms with van der Waals surface area (Å²) in [6.07, 6.45) is 1.48. The van der Waals surface area contributed by atoms with Crippen LogP contribution in [0.4, 0.5) is 4.39 Å². The van der Waals surface area contributed by atoms with Crippen LogP contribution in [0.1, 0.15) is 24.2 Å². The third kappa shape index (κ3) is 3.50. The van der Waals surface area contributed by atoms with E-state index in [0.29, 0.717) is 23.5 Å². The largest absolute Gasteiger partial charge is 0.484 e. The summed E-state index contributed by atoms with van der Waals surface area (Å²) in [6, 6.07) is 4.78. The molecule has 6 nitrogen and oxygen atoms in total. The maximum Gasteiger partial charge on any atom is 0.217 e. The molecular formula is C16H16FN3O3. The summed E-state index contributed by atoms with van der Waals surface area (Å²) >= 11 is 0. The summed E-state index contributed by atoms with van der Waals surface area (Å²) in [4.78, 5) is 18.2. The van der Waals surface area contributed by atoms with E-state index in [1.165, 1.54) is 19.3 Å². The molecule has 2 heterocycles. The molecule has 0 bridgehead atoms. The lowest BCUT2D eigenvalue weighted by molar-refractivity contribution is -0.119. The van der Waals surface area contributed by atoms with Crippen molar-refractivity contribution in [1.82, 2.24) is 15.3 Å². The molecule has 0 aliphatic rings. The number of aromatic amines is 1. The monoisotopic (exact) mass is 317 g/mol. The van der Waals surface area contributed by atoms with Gasteiger partial charge in [-0.05, 0) is 12.1 Å². The van der Waals surface area contributed by atoms with Crippen molar-refractivity contribution < 1.29 is 18.3 Å². The predicted molar refractivity (Wildman–Crippen MR) is 81.3 cm³/mol. The van der Waals surface area contributed by atoms with Crippen LogP contribution in [0, 0.1) is 12.7 Å². The van der Waals surface area contributed by atoms with Gasteiger partial charge in [-0.3, -0.25) is 4.79 Å². The van der Waals surface area contributed by atoms with Crippen LogP contribution in [-0.2, 0) is 17.9 Å². The lowest BCUT2D eigenvalue weighted by Crippen LogP contribution is -2.18. The first-order chi connectivity index (χ1) is 11.0. The number of rotatable bonds is 5. The molecule has 0 aliphatic carbocycles. The quantitative estimate of drug-likeness (QED) is 0.758. The predicted octanol–water partition coefficient (Wildman–Crippen LogP) is 2.82. The smallest absolute Gasteiger partial charge is 0.217 e. The molecule has 2 N–H and O–H groups in total. The number of aryl methyl sites for hydroxylation is 1. The number of nitrogens with one attached hydrogen (secondary N) is 2. The molecule has 23 heavy (non-hydrogen) atoms. The second kappa shape index (κ2) is 6.12. The van der Waals surface area contributed by atoms with Gasteiger partial charge in [-0.15, -0.1) is 0 Å². The molecule has 0 spiro atoms. The molecule has 0 atom stereocenters. The van der Waals surface area contributed by atoms with Crippen molar-refractivity contribution >= 4 is 16.8 Å². The third-order valence-corrected chi connectivity index (χ3v) is 3.30. The molecule has 1 amide bonds. The fourth-order valence-electron chi connectivity index (χ4n) is 2.24. The van der Waals surface area contributed by atoms with Crippen LogP contribution in [0.15, 0.2) is 28.9 Å². The summed E-state index contributed by atoms with van der Waals surface area (Å²) in [6.45, 7) is 3.66. The fraction of sp³-hybridized carbons (Fsp3) is 0.250. The van der Waals surface area contributed by atoms with Crippen molar-refractivity contribution in [1.29, 1.82) is 0 Å². The number of carbonyl (C=O) groups excluding carboxylic acids is 1. The lowest BCUT2D eigenvalue weighted by Gasteiger charge is -2.05. The Morgan fingerprint density at radius 3 is 2.96 bits per heavy atom. The van der Waals surface area contributed by atoms with Gasteiger partial charge in [0.05, 0.1) is 6.54 Å². The number of oxazole rings is 1. The Morgan fingerprint density at radius 2 is 2.26 bits per heavy atom. The highest BCUT2D eigenvalue weighted by Crippen LogP contribution is 2.26. The van der Waals surface area contributed by atoms with Crippen LogP contribution in [0.2, 0.25) is 0 Å². The average molecular weight is 317 g/mol. The number of hydrogen-bond donors (Lipinski definition) is 2. The summed E-state index contributed by atoms with van der Waals surface area (Å²) in [5, 5.41) is 3.40. The Bertz CT molecular complexity index is 853. The molecule has 7 heteroatoms. The van der Waals surface area contributed by atoms with E-state index in [-0.39, 0.29) is 18.3 Å². The van der Waals surface area contributed by atoms with E-state index in [2.05, 4.69) is 15.3 Å². The van der Waals surface area contributed by atoms with Gasteiger partial charge in [-0.2, -0.15) is 0 Å². The van der Waals surface area contributed by atoms with Crippen LogP contribution in [0.25, 0.3) is 10.9 Å². The second-order valence-corrected chi connectivity index (χ2v) is 5.22. The fourth-order valence-corrected chi connectivity index (χ4v) is 2.24. The molecule has 0 fully saturated rings. The summed E-state index contributed by atoms with van der Waals surface area (Å²) < 4.78 is 24.6. The van der Waals surface area contributed by atoms with Gasteiger partial charge < -0.3 is 19.5 Å². The molecule has 2 aromatic heterocycles. The van der Waals surface area contributed by atoms with Gasteiger partial charge >= 0.3 is 0 Å². The number of halogens is 1. The number of H-pyrrole nitrogens is 1. The van der Waals surface area contributed by atoms with Crippen LogP contribution in [0.5, 0.6) is 5.75 Å². The number of amides is 1. The van der Waals surface area contributed by atoms with Crippen LogP contribution in [-0.4, -0.2) is 15.9 Å². The van der Waals surface area contributed by atoms with E-state index in [4.69, 9.17) is 9.15 Å². The van der Waals surface area contributed by atoms with Crippen molar-refractivity contribution in [3.05, 3.63) is 47.6 Å². The highest BCUT2D eigenvalue weighted by Gasteiger charge is 2.10. The standard InChI is InChI=1S/C16H16FN3O3/c1-9(21)18-6-12-3-11-4-14(17)16(5-15(11)20-12)23-8-13-7-22-10(2)19-13/h3-5,7,20H,6,8H2,1-2H3,(H,18,21). The highest BCUT2D eigenvalue weighted by atomic mass is 19.1. The Balaban J connectivity index is 1.77. The molecule has 120 valence electrons. The zero-order valence-corrected chi connectivity index (χ0v) is 12.8. The number of benzene rings is 1. The van der Waals surface area contributed by atoms with E-state index in [1.54, 1.807) is 19.1 Å². The van der Waals surface area contributed by atoms with Crippen molar-refractivity contribution in [2.45, 2.75) is 27.0 Å². The molecule has 0 aliphatic heterocycles. The Hall–Kier alpha value is -2.83. The van der Waals surface area contributed by atoms with Crippen molar-refractivity contribution in [2.24, 2.45) is 0 Å². The van der Waals surface area contributed by atoms with E-state index in [0.717, 1.165) is 11.2 Å². The highest BCUT2D eigenvalue weighted by molar-refractivity contribution is 5.82. The number of fused-ring (bicyclic) bond motifs is 1. The second-order valence-electron chi connectivity index (χ2n) is 5.22. The third-order valence-electron chi connectivity index (χ3n) is 3.30. The van der Waals surface area contributed by atoms with Crippen molar-refractivity contribution in [2.75, 3.05) is 0 Å². The van der Waals surface area contributed by atoms with Crippen LogP contribution < -0.4 is 10.1 Å². The molecule has 0 unspecified atom stereocenters. The van der Waals surface area contributed by atoms with E-state index in [1.807, 2.05) is 0 Å². The minimum atomic E-state index is -0.456. The number of ether oxygens (including phenoxy) is 1. The number of nitrogens with zero attached hydrogens (tertiary/aromatic N) is 1. The topological polar surface area (TPSA) is 80.2 Å². The minimum Gasteiger partial charge on any atom is -0.484 e. The zero-order valence-electron chi connectivity index (χ0n) is 12.8. The number of carbonyl (C=O) groups is 1. The molecule has 3 rings (SSSR count). The Labute approximate surface area is 131 Å². The summed E-state index contributed by atoms with van der Waals surface area (Å²) in [5.41, 5.74) is 2.12. The maximum absolute atomic E-state index is 14.1. The summed E-state index contributed by atoms with van der Waals surface area (Å²) in [5.74, 6) is 0.0853. The van der Waals surface area contributed by atoms with E-state index < -0.39 is 5.82 Å². The van der Waals surface area contributed by atoms with E-state index >= 15 is 0 Å². The van der Waals surface area contributed by atoms with Gasteiger partial charge in [-0.25, -0.2) is 9.37 Å². The van der Waals surface area contributed by atoms with Crippen LogP contribution in [0.3, 0.4) is 0 Å². The Kier molecular flexibility index (Phi) is 4.01. The molecule has 1 aromatic carbocycles. The van der Waals surface area contributed by atoms with Gasteiger partial charge in [0.2, 0.25) is 5.91 Å². The molecular weight excluding hydrogens is 301 g/mol. The zero-order chi connectivity index (χ0) is 16.4. The van der Waals surface area contributed by atoms with Gasteiger partial charge in [0.25, 0.3) is 0 Å². The first-order valence-electron chi connectivity index (χ1n) is 7.10. The van der Waals surface area contributed by atoms with E-state index in [9.17, 15) is 9.18 Å². The number of hydrogen-bond acceptors (Lipinski definition) is 4. The van der Waals surface area contributed by atoms with Crippen molar-refractivity contribution in [3.63, 3.8) is 0 Å². The molecule has 0 saturated carbocycles. The van der Waals surface area contributed by atoms with Gasteiger partial charge in [0, 0.05) is 36.5 Å². The lowest BCUT2D eigenvalue weighted by atomic mass is 10.2. The molecule has 3 aromatic rings. The van der Waals surface area contributed by atoms with Gasteiger partial charge in [-0.1, -0.05) is 0 Å². The summed E-state index contributed by atoms with van der Waals surface area (Å²) in [7, 11) is 0. The SMILES string of the molecule is CC(=O)NCc1cc2cc(F)c(OCc3coc(C)n3)cc2[nH]1. The Morgan fingerprint density at radius 1 is 1.43 bits per heavy atom. The first kappa shape index (κ1) is 15.1. The maximum atomic E-state index is 14.1. The van der Waals surface area contributed by atoms with Crippen LogP contribution >= 0.6 is 0 Å². The average Bonchev–Trinajstić information content (AvgIpc) is 3.08. The molecule has 0 saturated heterocycles. The van der Waals surface area contributed by atoms with Crippen molar-refractivity contribution in [3.8, 4) is 5.75 Å². The van der Waals surface area contributed by atoms with Gasteiger partial charge in [0.15, 0.2) is 17.5 Å². The first-order valence-corrected chi connectivity index (χ1v) is 7.10. The molecule has 0 radical (unpaired) electrons. The van der Waals surface area contributed by atoms with Gasteiger partial charge in [0.1, 0.15) is 18.6 Å². The normalized spacial score (nSPS) is 10.9.